The van der Waals surface area contributed by atoms with Crippen molar-refractivity contribution in [1.82, 2.24) is 14.8 Å². The van der Waals surface area contributed by atoms with Crippen molar-refractivity contribution in [2.24, 2.45) is 56.7 Å². The minimum Gasteiger partial charge on any atom is -0.481 e. The number of allylic oxidation sites excluding steroid dienone is 2. The van der Waals surface area contributed by atoms with E-state index in [0.29, 0.717) is 49.0 Å². The normalized spacial score (nSPS) is 34.6. The molecule has 1 aromatic heterocycles. The lowest BCUT2D eigenvalue weighted by Crippen LogP contribution is -2.63. The van der Waals surface area contributed by atoms with Gasteiger partial charge in [-0.3, -0.25) is 24.1 Å². The van der Waals surface area contributed by atoms with Gasteiger partial charge in [0.25, 0.3) is 0 Å². The Morgan fingerprint density at radius 2 is 1.70 bits per heavy atom. The molecule has 0 bridgehead atoms. The highest BCUT2D eigenvalue weighted by Gasteiger charge is 2.66. The summed E-state index contributed by atoms with van der Waals surface area (Å²) >= 11 is 1.63. The third kappa shape index (κ3) is 7.13. The van der Waals surface area contributed by atoms with Gasteiger partial charge in [0, 0.05) is 42.9 Å². The Bertz CT molecular complexity index is 1650. The molecule has 1 aromatic rings. The van der Waals surface area contributed by atoms with Crippen LogP contribution in [0, 0.1) is 56.7 Å². The van der Waals surface area contributed by atoms with Gasteiger partial charge in [-0.05, 0) is 124 Å². The van der Waals surface area contributed by atoms with Crippen LogP contribution in [0.1, 0.15) is 131 Å². The van der Waals surface area contributed by atoms with E-state index in [9.17, 15) is 24.3 Å². The van der Waals surface area contributed by atoms with Crippen LogP contribution in [0.4, 0.5) is 0 Å². The third-order valence-electron chi connectivity index (χ3n) is 15.7. The number of hydrogen-bond donors (Lipinski definition) is 1. The van der Waals surface area contributed by atoms with E-state index in [0.717, 1.165) is 74.9 Å². The molecule has 0 aliphatic heterocycles. The summed E-state index contributed by atoms with van der Waals surface area (Å²) < 4.78 is 6.17. The number of ether oxygens (including phenoxy) is 1. The van der Waals surface area contributed by atoms with Gasteiger partial charge in [0.15, 0.2) is 5.78 Å². The first-order valence-corrected chi connectivity index (χ1v) is 21.6. The maximum Gasteiger partial charge on any atom is 0.309 e. The van der Waals surface area contributed by atoms with Crippen molar-refractivity contribution in [1.29, 1.82) is 0 Å². The monoisotopic (exact) mass is 765 g/mol. The molecule has 8 atom stereocenters. The van der Waals surface area contributed by atoms with Gasteiger partial charge in [0.2, 0.25) is 5.91 Å². The van der Waals surface area contributed by atoms with Crippen LogP contribution in [-0.2, 0) is 30.5 Å². The van der Waals surface area contributed by atoms with Gasteiger partial charge in [-0.1, -0.05) is 47.1 Å². The topological polar surface area (TPSA) is 117 Å². The van der Waals surface area contributed by atoms with Crippen LogP contribution >= 0.6 is 11.3 Å². The van der Waals surface area contributed by atoms with Crippen molar-refractivity contribution in [3.8, 4) is 0 Å². The lowest BCUT2D eigenvalue weighted by molar-refractivity contribution is -0.214. The maximum absolute atomic E-state index is 14.1. The van der Waals surface area contributed by atoms with E-state index in [1.807, 2.05) is 25.7 Å². The standard InChI is InChI=1S/C44H67N3O6S/c1-27(2)37-30(48)23-44(19-21-47(26-35(49)46(9)10)25-34-45-20-22-54-34)18-13-29-28(38(37)44)11-12-32-42(29,7)16-14-31-41(5,6)33(15-17-43(31,32)8)53-36(50)24-40(3,4)39(51)52/h20,22,27-29,31-33H,11-19,21,23-26H2,1-10H3,(H,51,52). The number of aliphatic carboxylic acids is 1. The molecule has 5 aliphatic rings. The number of thiazole rings is 1. The Balaban J connectivity index is 1.24. The molecule has 1 N–H and O–H groups in total. The molecule has 1 heterocycles. The highest BCUT2D eigenvalue weighted by molar-refractivity contribution is 7.09. The first kappa shape index (κ1) is 41.1. The largest absolute Gasteiger partial charge is 0.481 e. The summed E-state index contributed by atoms with van der Waals surface area (Å²) in [7, 11) is 3.63. The fourth-order valence-corrected chi connectivity index (χ4v) is 13.7. The highest BCUT2D eigenvalue weighted by atomic mass is 32.1. The number of nitrogens with zero attached hydrogens (tertiary/aromatic N) is 3. The molecule has 54 heavy (non-hydrogen) atoms. The number of likely N-dealkylation sites (N-methyl/N-ethyl adjacent to an activating group) is 1. The minimum atomic E-state index is -1.16. The second-order valence-corrected chi connectivity index (χ2v) is 21.2. The van der Waals surface area contributed by atoms with Gasteiger partial charge >= 0.3 is 11.9 Å². The Labute approximate surface area is 328 Å². The van der Waals surface area contributed by atoms with E-state index >= 15 is 0 Å². The number of rotatable bonds is 12. The molecule has 5 aliphatic carbocycles. The molecule has 300 valence electrons. The number of carboxylic acids is 1. The van der Waals surface area contributed by atoms with E-state index < -0.39 is 17.4 Å². The maximum atomic E-state index is 14.1. The molecule has 9 nitrogen and oxygen atoms in total. The van der Waals surface area contributed by atoms with E-state index in [-0.39, 0.29) is 46.0 Å². The van der Waals surface area contributed by atoms with Crippen LogP contribution in [0.3, 0.4) is 0 Å². The fraction of sp³-hybridized carbons (Fsp3) is 0.795. The number of Topliss-reactive ketones (excluding diaryl/α,β-unsaturated/α-hetero) is 1. The number of aromatic nitrogens is 1. The zero-order valence-electron chi connectivity index (χ0n) is 34.8. The van der Waals surface area contributed by atoms with Crippen LogP contribution in [0.2, 0.25) is 0 Å². The third-order valence-corrected chi connectivity index (χ3v) is 16.5. The SMILES string of the molecule is CC(C)C1=C2C3CCC4C(C)(CCC5C(C)(C)C(OC(=O)CC(C)(C)C(=O)O)CCC54C)C3CCC2(CCN(CC(=O)N(C)C)Cc2nccs2)CC1=O. The van der Waals surface area contributed by atoms with Crippen molar-refractivity contribution in [2.75, 3.05) is 27.2 Å². The number of amides is 1. The number of hydrogen-bond acceptors (Lipinski definition) is 8. The van der Waals surface area contributed by atoms with Crippen LogP contribution in [0.5, 0.6) is 0 Å². The van der Waals surface area contributed by atoms with E-state index in [1.165, 1.54) is 5.57 Å². The quantitative estimate of drug-likeness (QED) is 0.211. The molecule has 0 radical (unpaired) electrons. The van der Waals surface area contributed by atoms with E-state index in [4.69, 9.17) is 4.74 Å². The number of esters is 1. The van der Waals surface area contributed by atoms with Crippen molar-refractivity contribution in [2.45, 2.75) is 139 Å². The Kier molecular flexibility index (Phi) is 11.2. The van der Waals surface area contributed by atoms with Gasteiger partial charge in [-0.25, -0.2) is 4.98 Å². The second kappa shape index (κ2) is 14.7. The molecule has 1 amide bonds. The Hall–Kier alpha value is -2.59. The number of carbonyl (C=O) groups excluding carboxylic acids is 3. The van der Waals surface area contributed by atoms with Crippen molar-refractivity contribution in [3.05, 3.63) is 27.7 Å². The summed E-state index contributed by atoms with van der Waals surface area (Å²) in [5.74, 6) is 1.10. The average Bonchev–Trinajstić information content (AvgIpc) is 3.69. The summed E-state index contributed by atoms with van der Waals surface area (Å²) in [5, 5.41) is 12.6. The Morgan fingerprint density at radius 3 is 2.33 bits per heavy atom. The van der Waals surface area contributed by atoms with Crippen LogP contribution in [0.25, 0.3) is 0 Å². The molecule has 8 unspecified atom stereocenters. The summed E-state index contributed by atoms with van der Waals surface area (Å²) in [4.78, 5) is 60.4. The summed E-state index contributed by atoms with van der Waals surface area (Å²) in [6, 6.07) is 0. The van der Waals surface area contributed by atoms with Gasteiger partial charge in [0.1, 0.15) is 11.1 Å². The molecule has 0 spiro atoms. The first-order chi connectivity index (χ1) is 25.2. The molecule has 10 heteroatoms. The van der Waals surface area contributed by atoms with Gasteiger partial charge in [-0.15, -0.1) is 11.3 Å². The molecule has 6 rings (SSSR count). The molecular formula is C44H67N3O6S. The summed E-state index contributed by atoms with van der Waals surface area (Å²) in [6.07, 6.45) is 11.4. The number of fused-ring (bicyclic) bond motifs is 7. The van der Waals surface area contributed by atoms with Crippen molar-refractivity contribution < 1.29 is 29.0 Å². The van der Waals surface area contributed by atoms with Crippen molar-refractivity contribution >= 4 is 35.0 Å². The lowest BCUT2D eigenvalue weighted by Gasteiger charge is -2.69. The first-order valence-electron chi connectivity index (χ1n) is 20.7. The van der Waals surface area contributed by atoms with Gasteiger partial charge < -0.3 is 14.7 Å². The molecule has 0 saturated heterocycles. The zero-order valence-corrected chi connectivity index (χ0v) is 35.6. The zero-order chi connectivity index (χ0) is 39.6. The Morgan fingerprint density at radius 1 is 1.00 bits per heavy atom. The van der Waals surface area contributed by atoms with E-state index in [2.05, 4.69) is 51.4 Å². The van der Waals surface area contributed by atoms with Gasteiger partial charge in [0.05, 0.1) is 24.9 Å². The van der Waals surface area contributed by atoms with Gasteiger partial charge in [-0.2, -0.15) is 0 Å². The van der Waals surface area contributed by atoms with Crippen LogP contribution in [0.15, 0.2) is 22.7 Å². The predicted octanol–water partition coefficient (Wildman–Crippen LogP) is 8.43. The summed E-state index contributed by atoms with van der Waals surface area (Å²) in [5.41, 5.74) is 1.32. The molecule has 4 fully saturated rings. The molecule has 4 saturated carbocycles. The predicted molar refractivity (Wildman–Crippen MR) is 211 cm³/mol. The highest BCUT2D eigenvalue weighted by Crippen LogP contribution is 2.73. The smallest absolute Gasteiger partial charge is 0.309 e. The van der Waals surface area contributed by atoms with Crippen molar-refractivity contribution in [3.63, 3.8) is 0 Å². The molecule has 0 aromatic carbocycles. The summed E-state index contributed by atoms with van der Waals surface area (Å²) in [6.45, 7) is 19.0. The number of carboxylic acid groups (broad SMARTS) is 1. The number of carbonyl (C=O) groups is 4. The lowest BCUT2D eigenvalue weighted by atomic mass is 9.36. The van der Waals surface area contributed by atoms with Crippen LogP contribution < -0.4 is 0 Å². The average molecular weight is 766 g/mol. The van der Waals surface area contributed by atoms with E-state index in [1.54, 1.807) is 30.1 Å². The molecular weight excluding hydrogens is 699 g/mol. The second-order valence-electron chi connectivity index (χ2n) is 20.2. The fourth-order valence-electron chi connectivity index (χ4n) is 13.0. The number of ketones is 1. The minimum absolute atomic E-state index is 0.0850. The van der Waals surface area contributed by atoms with Crippen LogP contribution in [-0.4, -0.2) is 76.8 Å².